The van der Waals surface area contributed by atoms with Crippen molar-refractivity contribution < 1.29 is 0 Å². The van der Waals surface area contributed by atoms with Crippen molar-refractivity contribution in [3.63, 3.8) is 0 Å². The van der Waals surface area contributed by atoms with Crippen LogP contribution in [0.15, 0.2) is 188 Å². The number of rotatable bonds is 2. The normalized spacial score (nSPS) is 12.7. The highest BCUT2D eigenvalue weighted by Crippen LogP contribution is 2.48. The van der Waals surface area contributed by atoms with Crippen LogP contribution in [0.4, 0.5) is 0 Å². The lowest BCUT2D eigenvalue weighted by Crippen LogP contribution is -1.93. The lowest BCUT2D eigenvalue weighted by molar-refractivity contribution is 1.18. The Morgan fingerprint density at radius 3 is 1.53 bits per heavy atom. The van der Waals surface area contributed by atoms with E-state index in [4.69, 9.17) is 0 Å². The van der Waals surface area contributed by atoms with Gasteiger partial charge in [-0.25, -0.2) is 0 Å². The van der Waals surface area contributed by atoms with Crippen molar-refractivity contribution in [2.75, 3.05) is 0 Å². The minimum Gasteiger partial charge on any atom is -0.309 e. The summed E-state index contributed by atoms with van der Waals surface area (Å²) in [5.41, 5.74) is 13.8. The largest absolute Gasteiger partial charge is 0.309 e. The van der Waals surface area contributed by atoms with Gasteiger partial charge in [-0.15, -0.1) is 0 Å². The third-order valence-electron chi connectivity index (χ3n) is 13.6. The summed E-state index contributed by atoms with van der Waals surface area (Å²) in [5.74, 6) is 0. The summed E-state index contributed by atoms with van der Waals surface area (Å²) in [6.07, 6.45) is 0. The minimum atomic E-state index is 1.17. The van der Waals surface area contributed by atoms with Gasteiger partial charge in [-0.2, -0.15) is 0 Å². The van der Waals surface area contributed by atoms with Crippen molar-refractivity contribution in [1.29, 1.82) is 0 Å². The first kappa shape index (κ1) is 30.3. The number of fused-ring (bicyclic) bond motifs is 17. The van der Waals surface area contributed by atoms with Crippen LogP contribution >= 0.6 is 0 Å². The highest BCUT2D eigenvalue weighted by Gasteiger charge is 2.25. The fourth-order valence-electron chi connectivity index (χ4n) is 11.2. The Balaban J connectivity index is 1.10. The number of benzene rings is 10. The molecule has 15 rings (SSSR count). The van der Waals surface area contributed by atoms with Crippen molar-refractivity contribution in [3.05, 3.63) is 188 Å². The third-order valence-corrected chi connectivity index (χ3v) is 13.6. The van der Waals surface area contributed by atoms with Gasteiger partial charge < -0.3 is 13.4 Å². The third kappa shape index (κ3) is 3.66. The topological polar surface area (TPSA) is 13.8 Å². The molecule has 3 heteroatoms. The number of hydrogen-bond donors (Lipinski definition) is 0. The maximum Gasteiger partial charge on any atom is 0.0626 e. The highest BCUT2D eigenvalue weighted by atomic mass is 15.0. The molecule has 5 aromatic heterocycles. The van der Waals surface area contributed by atoms with Gasteiger partial charge in [-0.05, 0) is 87.8 Å². The Morgan fingerprint density at radius 1 is 0.254 bits per heavy atom. The van der Waals surface area contributed by atoms with Crippen LogP contribution in [0.2, 0.25) is 0 Å². The van der Waals surface area contributed by atoms with E-state index in [0.29, 0.717) is 0 Å². The summed E-state index contributed by atoms with van der Waals surface area (Å²) in [7, 11) is 0. The molecule has 0 aliphatic heterocycles. The molecule has 0 aliphatic rings. The van der Waals surface area contributed by atoms with Crippen LogP contribution in [-0.4, -0.2) is 13.4 Å². The van der Waals surface area contributed by atoms with Gasteiger partial charge in [0.2, 0.25) is 0 Å². The van der Waals surface area contributed by atoms with E-state index in [0.717, 1.165) is 0 Å². The molecule has 0 radical (unpaired) electrons. The molecule has 0 spiro atoms. The Kier molecular flexibility index (Phi) is 5.41. The molecule has 270 valence electrons. The second-order valence-electron chi connectivity index (χ2n) is 16.5. The predicted octanol–water partition coefficient (Wildman–Crippen LogP) is 15.1. The van der Waals surface area contributed by atoms with E-state index >= 15 is 0 Å². The molecule has 0 bridgehead atoms. The van der Waals surface area contributed by atoms with Crippen LogP contribution < -0.4 is 0 Å². The van der Waals surface area contributed by atoms with E-state index in [9.17, 15) is 0 Å². The number of nitrogens with zero attached hydrogens (tertiary/aromatic N) is 3. The first-order chi connectivity index (χ1) is 29.3. The Bertz CT molecular complexity index is 4290. The van der Waals surface area contributed by atoms with Gasteiger partial charge >= 0.3 is 0 Å². The molecule has 0 fully saturated rings. The lowest BCUT2D eigenvalue weighted by atomic mass is 9.93. The Labute approximate surface area is 336 Å². The molecular weight excluding hydrogens is 715 g/mol. The maximum atomic E-state index is 2.61. The molecule has 0 unspecified atom stereocenters. The smallest absolute Gasteiger partial charge is 0.0626 e. The predicted molar refractivity (Wildman–Crippen MR) is 251 cm³/mol. The van der Waals surface area contributed by atoms with E-state index in [2.05, 4.69) is 201 Å². The summed E-state index contributed by atoms with van der Waals surface area (Å²) in [6, 6.07) is 70.4. The quantitative estimate of drug-likeness (QED) is 0.167. The molecule has 59 heavy (non-hydrogen) atoms. The number of aromatic nitrogens is 3. The SMILES string of the molecule is c1ccc(-n2c3ccccc3c3cc(-c4c5ccccc5cc5c6cccc7c8cc9c(cc8n(c45)c76)c4cccc5c6cc7ccccc7cc6n9c54)ccc32)cc1. The average Bonchev–Trinajstić information content (AvgIpc) is 4.07. The van der Waals surface area contributed by atoms with Crippen molar-refractivity contribution in [3.8, 4) is 16.8 Å². The Hall–Kier alpha value is -7.88. The van der Waals surface area contributed by atoms with E-state index in [1.807, 2.05) is 0 Å². The van der Waals surface area contributed by atoms with Gasteiger partial charge in [0.25, 0.3) is 0 Å². The van der Waals surface area contributed by atoms with E-state index in [-0.39, 0.29) is 0 Å². The van der Waals surface area contributed by atoms with E-state index in [1.165, 1.54) is 136 Å². The molecule has 10 aromatic carbocycles. The fraction of sp³-hybridized carbons (Fsp3) is 0. The molecule has 0 aliphatic carbocycles. The first-order valence-corrected chi connectivity index (χ1v) is 20.5. The summed E-state index contributed by atoms with van der Waals surface area (Å²) < 4.78 is 7.55. The van der Waals surface area contributed by atoms with Crippen molar-refractivity contribution in [2.24, 2.45) is 0 Å². The van der Waals surface area contributed by atoms with E-state index < -0.39 is 0 Å². The van der Waals surface area contributed by atoms with Gasteiger partial charge in [-0.1, -0.05) is 127 Å². The van der Waals surface area contributed by atoms with Crippen LogP contribution in [0.25, 0.3) is 136 Å². The number of para-hydroxylation sites is 4. The molecule has 0 N–H and O–H groups in total. The molecule has 0 saturated heterocycles. The minimum absolute atomic E-state index is 1.17. The summed E-state index contributed by atoms with van der Waals surface area (Å²) >= 11 is 0. The summed E-state index contributed by atoms with van der Waals surface area (Å²) in [6.45, 7) is 0. The standard InChI is InChI=1S/C56H31N3/c1-2-15-36(16-3-1)57-48-23-9-8-18-38(48)43-28-35(24-25-49(43)57)53-37-17-7-6-14-34(37)27-47-42-22-11-21-41-46-30-51-45(31-52(46)59(55(41)42)56(47)53)40-20-10-19-39-44-26-32-12-4-5-13-33(32)29-50(44)58(51)54(39)40/h1-31H. The average molecular weight is 746 g/mol. The van der Waals surface area contributed by atoms with Crippen LogP contribution in [0.1, 0.15) is 0 Å². The zero-order chi connectivity index (χ0) is 38.1. The molecule has 15 aromatic rings. The fourth-order valence-corrected chi connectivity index (χ4v) is 11.2. The molecule has 0 atom stereocenters. The van der Waals surface area contributed by atoms with Gasteiger partial charge in [-0.3, -0.25) is 0 Å². The number of hydrogen-bond acceptors (Lipinski definition) is 0. The van der Waals surface area contributed by atoms with Crippen LogP contribution in [-0.2, 0) is 0 Å². The van der Waals surface area contributed by atoms with Crippen LogP contribution in [0, 0.1) is 0 Å². The summed E-state index contributed by atoms with van der Waals surface area (Å²) in [4.78, 5) is 0. The zero-order valence-electron chi connectivity index (χ0n) is 31.7. The zero-order valence-corrected chi connectivity index (χ0v) is 31.7. The van der Waals surface area contributed by atoms with Crippen LogP contribution in [0.3, 0.4) is 0 Å². The first-order valence-electron chi connectivity index (χ1n) is 20.5. The van der Waals surface area contributed by atoms with Crippen molar-refractivity contribution in [1.82, 2.24) is 13.4 Å². The molecule has 0 saturated carbocycles. The van der Waals surface area contributed by atoms with Gasteiger partial charge in [0, 0.05) is 65.1 Å². The van der Waals surface area contributed by atoms with Crippen molar-refractivity contribution in [2.45, 2.75) is 0 Å². The highest BCUT2D eigenvalue weighted by molar-refractivity contribution is 6.31. The van der Waals surface area contributed by atoms with Gasteiger partial charge in [0.15, 0.2) is 0 Å². The maximum absolute atomic E-state index is 2.61. The van der Waals surface area contributed by atoms with Gasteiger partial charge in [0.05, 0.1) is 44.1 Å². The Morgan fingerprint density at radius 2 is 0.763 bits per heavy atom. The molecule has 3 nitrogen and oxygen atoms in total. The van der Waals surface area contributed by atoms with Crippen LogP contribution in [0.5, 0.6) is 0 Å². The monoisotopic (exact) mass is 745 g/mol. The second kappa shape index (κ2) is 10.5. The lowest BCUT2D eigenvalue weighted by Gasteiger charge is -2.13. The molecule has 0 amide bonds. The molecule has 5 heterocycles. The second-order valence-corrected chi connectivity index (χ2v) is 16.5. The summed E-state index contributed by atoms with van der Waals surface area (Å²) in [5, 5.41) is 18.0. The van der Waals surface area contributed by atoms with E-state index in [1.54, 1.807) is 0 Å². The molecular formula is C56H31N3. The van der Waals surface area contributed by atoms with Gasteiger partial charge in [0.1, 0.15) is 0 Å². The van der Waals surface area contributed by atoms with Crippen molar-refractivity contribution >= 4 is 120 Å².